The number of ether oxygens (including phenoxy) is 3. The molecule has 0 aliphatic carbocycles. The number of aliphatic hydroxyl groups is 1. The van der Waals surface area contributed by atoms with Crippen LogP contribution in [0.4, 0.5) is 0 Å². The fourth-order valence-corrected chi connectivity index (χ4v) is 4.88. The van der Waals surface area contributed by atoms with Crippen LogP contribution in [0.25, 0.3) is 6.08 Å². The number of esters is 1. The van der Waals surface area contributed by atoms with Gasteiger partial charge in [0.2, 0.25) is 0 Å². The summed E-state index contributed by atoms with van der Waals surface area (Å²) in [6.45, 7) is 5.88. The van der Waals surface area contributed by atoms with Gasteiger partial charge in [0.15, 0.2) is 11.5 Å². The molecule has 1 N–H and O–H groups in total. The molecule has 1 heterocycles. The van der Waals surface area contributed by atoms with Crippen LogP contribution in [0.5, 0.6) is 11.5 Å². The molecule has 0 spiro atoms. The van der Waals surface area contributed by atoms with Crippen LogP contribution in [0.1, 0.15) is 35.3 Å². The second-order valence-electron chi connectivity index (χ2n) is 7.06. The molecule has 178 valence electrons. The summed E-state index contributed by atoms with van der Waals surface area (Å²) < 4.78 is 16.8. The minimum Gasteiger partial charge on any atom is -0.506 e. The Morgan fingerprint density at radius 2 is 1.91 bits per heavy atom. The lowest BCUT2D eigenvalue weighted by molar-refractivity contribution is -0.138. The summed E-state index contributed by atoms with van der Waals surface area (Å²) in [5, 5.41) is 11.0. The molecule has 0 unspecified atom stereocenters. The summed E-state index contributed by atoms with van der Waals surface area (Å²) in [4.78, 5) is 29.9. The number of aliphatic imine (C=N–C) groups is 1. The lowest BCUT2D eigenvalue weighted by Gasteiger charge is -2.12. The van der Waals surface area contributed by atoms with E-state index >= 15 is 0 Å². The van der Waals surface area contributed by atoms with Gasteiger partial charge in [-0.1, -0.05) is 30.0 Å². The molecule has 2 aromatic rings. The number of methoxy groups -OCH3 is 1. The highest BCUT2D eigenvalue weighted by Crippen LogP contribution is 2.42. The summed E-state index contributed by atoms with van der Waals surface area (Å²) in [5.41, 5.74) is 1.71. The molecule has 0 atom stereocenters. The molecule has 2 aromatic carbocycles. The quantitative estimate of drug-likeness (QED) is 0.435. The van der Waals surface area contributed by atoms with Crippen molar-refractivity contribution in [2.75, 3.05) is 20.3 Å². The maximum Gasteiger partial charge on any atom is 0.344 e. The maximum atomic E-state index is 12.8. The van der Waals surface area contributed by atoms with Crippen LogP contribution >= 0.6 is 27.7 Å². The molecule has 0 aromatic heterocycles. The lowest BCUT2D eigenvalue weighted by Crippen LogP contribution is -2.14. The topological polar surface area (TPSA) is 94.4 Å². The van der Waals surface area contributed by atoms with Crippen LogP contribution in [0.15, 0.2) is 62.1 Å². The van der Waals surface area contributed by atoms with E-state index in [-0.39, 0.29) is 23.0 Å². The van der Waals surface area contributed by atoms with Gasteiger partial charge in [-0.15, -0.1) is 0 Å². The summed E-state index contributed by atoms with van der Waals surface area (Å²) in [6, 6.07) is 10.6. The smallest absolute Gasteiger partial charge is 0.344 e. The van der Waals surface area contributed by atoms with Crippen molar-refractivity contribution in [3.8, 4) is 11.5 Å². The summed E-state index contributed by atoms with van der Waals surface area (Å²) in [7, 11) is 1.54. The van der Waals surface area contributed by atoms with Crippen molar-refractivity contribution in [2.45, 2.75) is 20.8 Å². The van der Waals surface area contributed by atoms with Crippen molar-refractivity contribution in [3.63, 3.8) is 0 Å². The van der Waals surface area contributed by atoms with Crippen molar-refractivity contribution >= 4 is 50.7 Å². The molecule has 0 fully saturated rings. The van der Waals surface area contributed by atoms with Crippen molar-refractivity contribution in [1.29, 1.82) is 0 Å². The number of carbonyl (C=O) groups excluding carboxylic acids is 2. The molecular formula is C25H24BrNO6S. The standard InChI is InChI=1S/C25H24BrNO6S/c1-5-32-18-12-15(11-17(26)22(18)31-4)13-19-21(28)20(25(30)33-6-2)24(34-19)27-23(29)16-10-8-7-9-14(16)3/h7-13,28H,5-6H2,1-4H3/b19-13-,27-24?. The number of carbonyl (C=O) groups is 2. The van der Waals surface area contributed by atoms with Gasteiger partial charge in [0.25, 0.3) is 5.91 Å². The van der Waals surface area contributed by atoms with Gasteiger partial charge in [-0.3, -0.25) is 4.79 Å². The molecule has 3 rings (SSSR count). The molecule has 1 aliphatic heterocycles. The van der Waals surface area contributed by atoms with E-state index in [1.165, 1.54) is 0 Å². The van der Waals surface area contributed by atoms with Gasteiger partial charge in [-0.05, 0) is 72.1 Å². The first-order chi connectivity index (χ1) is 16.3. The summed E-state index contributed by atoms with van der Waals surface area (Å²) in [6.07, 6.45) is 1.67. The third-order valence-electron chi connectivity index (χ3n) is 4.78. The SMILES string of the molecule is CCOC(=O)C1=C(O)/C(=C/c2cc(Br)c(OC)c(OCC)c2)SC1=NC(=O)c1ccccc1C. The number of aryl methyl sites for hydroxylation is 1. The molecular weight excluding hydrogens is 522 g/mol. The van der Waals surface area contributed by atoms with E-state index in [2.05, 4.69) is 20.9 Å². The van der Waals surface area contributed by atoms with Gasteiger partial charge in [0.1, 0.15) is 16.4 Å². The highest BCUT2D eigenvalue weighted by atomic mass is 79.9. The number of rotatable bonds is 7. The number of benzene rings is 2. The van der Waals surface area contributed by atoms with E-state index in [0.29, 0.717) is 38.6 Å². The monoisotopic (exact) mass is 545 g/mol. The number of thioether (sulfide) groups is 1. The Hall–Kier alpha value is -3.04. The highest BCUT2D eigenvalue weighted by Gasteiger charge is 2.34. The van der Waals surface area contributed by atoms with Crippen LogP contribution in [-0.4, -0.2) is 42.4 Å². The summed E-state index contributed by atoms with van der Waals surface area (Å²) in [5.74, 6) is -0.502. The third kappa shape index (κ3) is 5.53. The average molecular weight is 546 g/mol. The highest BCUT2D eigenvalue weighted by molar-refractivity contribution is 9.10. The van der Waals surface area contributed by atoms with E-state index in [1.807, 2.05) is 13.0 Å². The van der Waals surface area contributed by atoms with E-state index in [4.69, 9.17) is 14.2 Å². The largest absolute Gasteiger partial charge is 0.506 e. The van der Waals surface area contributed by atoms with Crippen molar-refractivity contribution < 1.29 is 28.9 Å². The molecule has 0 radical (unpaired) electrons. The molecule has 1 amide bonds. The predicted octanol–water partition coefficient (Wildman–Crippen LogP) is 5.87. The first-order valence-electron chi connectivity index (χ1n) is 10.5. The summed E-state index contributed by atoms with van der Waals surface area (Å²) >= 11 is 4.49. The fourth-order valence-electron chi connectivity index (χ4n) is 3.24. The second kappa shape index (κ2) is 11.4. The number of nitrogens with zero attached hydrogens (tertiary/aromatic N) is 1. The van der Waals surface area contributed by atoms with Gasteiger partial charge in [0.05, 0.1) is 29.7 Å². The van der Waals surface area contributed by atoms with Crippen LogP contribution in [0.2, 0.25) is 0 Å². The van der Waals surface area contributed by atoms with E-state index in [0.717, 1.165) is 17.3 Å². The van der Waals surface area contributed by atoms with Gasteiger partial charge >= 0.3 is 5.97 Å². The van der Waals surface area contributed by atoms with Crippen LogP contribution in [-0.2, 0) is 9.53 Å². The van der Waals surface area contributed by atoms with Gasteiger partial charge < -0.3 is 19.3 Å². The molecule has 0 bridgehead atoms. The zero-order valence-electron chi connectivity index (χ0n) is 19.2. The Bertz CT molecular complexity index is 1220. The lowest BCUT2D eigenvalue weighted by atomic mass is 10.1. The van der Waals surface area contributed by atoms with E-state index < -0.39 is 11.9 Å². The zero-order chi connectivity index (χ0) is 24.8. The second-order valence-corrected chi connectivity index (χ2v) is 8.94. The third-order valence-corrected chi connectivity index (χ3v) is 6.39. The molecule has 7 nitrogen and oxygen atoms in total. The van der Waals surface area contributed by atoms with E-state index in [1.54, 1.807) is 57.4 Å². The van der Waals surface area contributed by atoms with E-state index in [9.17, 15) is 14.7 Å². The number of hydrogen-bond acceptors (Lipinski definition) is 7. The van der Waals surface area contributed by atoms with Gasteiger partial charge in [-0.25, -0.2) is 9.79 Å². The predicted molar refractivity (Wildman–Crippen MR) is 137 cm³/mol. The maximum absolute atomic E-state index is 12.8. The zero-order valence-corrected chi connectivity index (χ0v) is 21.6. The van der Waals surface area contributed by atoms with Crippen LogP contribution < -0.4 is 9.47 Å². The normalized spacial score (nSPS) is 15.7. The Morgan fingerprint density at radius 1 is 1.18 bits per heavy atom. The average Bonchev–Trinajstić information content (AvgIpc) is 3.08. The van der Waals surface area contributed by atoms with Crippen molar-refractivity contribution in [1.82, 2.24) is 0 Å². The number of amides is 1. The van der Waals surface area contributed by atoms with Gasteiger partial charge in [-0.2, -0.15) is 0 Å². The minimum atomic E-state index is -0.752. The fraction of sp³-hybridized carbons (Fsp3) is 0.240. The van der Waals surface area contributed by atoms with Crippen LogP contribution in [0.3, 0.4) is 0 Å². The Labute approximate surface area is 210 Å². The molecule has 0 saturated carbocycles. The van der Waals surface area contributed by atoms with Crippen LogP contribution in [0, 0.1) is 6.92 Å². The Kier molecular flexibility index (Phi) is 8.57. The molecule has 34 heavy (non-hydrogen) atoms. The number of halogens is 1. The van der Waals surface area contributed by atoms with Crippen molar-refractivity contribution in [2.24, 2.45) is 4.99 Å². The van der Waals surface area contributed by atoms with Gasteiger partial charge in [0, 0.05) is 5.56 Å². The Balaban J connectivity index is 2.07. The molecule has 9 heteroatoms. The number of aliphatic hydroxyl groups excluding tert-OH is 1. The first-order valence-corrected chi connectivity index (χ1v) is 12.1. The number of hydrogen-bond donors (Lipinski definition) is 1. The Morgan fingerprint density at radius 3 is 2.56 bits per heavy atom. The van der Waals surface area contributed by atoms with Crippen molar-refractivity contribution in [3.05, 3.63) is 73.8 Å². The minimum absolute atomic E-state index is 0.0769. The molecule has 0 saturated heterocycles. The first kappa shape index (κ1) is 25.6. The molecule has 1 aliphatic rings.